The summed E-state index contributed by atoms with van der Waals surface area (Å²) >= 11 is 4.64. The van der Waals surface area contributed by atoms with Gasteiger partial charge in [0.05, 0.1) is 17.7 Å². The Morgan fingerprint density at radius 1 is 1.33 bits per heavy atom. The molecule has 0 saturated heterocycles. The Kier molecular flexibility index (Phi) is 3.90. The molecule has 2 heterocycles. The molecule has 1 aliphatic rings. The van der Waals surface area contributed by atoms with Crippen LogP contribution in [0.5, 0.6) is 5.75 Å². The molecule has 1 N–H and O–H groups in total. The minimum Gasteiger partial charge on any atom is -0.489 e. The number of aromatic nitrogens is 1. The largest absolute Gasteiger partial charge is 0.489 e. The predicted molar refractivity (Wildman–Crippen MR) is 100 cm³/mol. The summed E-state index contributed by atoms with van der Waals surface area (Å²) in [6.07, 6.45) is 0. The number of anilines is 2. The van der Waals surface area contributed by atoms with Crippen LogP contribution in [0.4, 0.5) is 11.4 Å². The number of amides is 1. The molecule has 122 valence electrons. The average molecular weight is 404 g/mol. The number of nitrogens with zero attached hydrogens (tertiary/aromatic N) is 2. The zero-order chi connectivity index (χ0) is 16.7. The number of carbonyl (C=O) groups excluding carboxylic acids is 1. The highest BCUT2D eigenvalue weighted by Crippen LogP contribution is 2.34. The molecule has 2 aromatic carbocycles. The maximum absolute atomic E-state index is 12.6. The van der Waals surface area contributed by atoms with Crippen LogP contribution < -0.4 is 15.0 Å². The molecule has 1 amide bonds. The Balaban J connectivity index is 1.63. The second kappa shape index (κ2) is 6.07. The number of rotatable bonds is 2. The van der Waals surface area contributed by atoms with Crippen LogP contribution in [0.25, 0.3) is 10.9 Å². The molecule has 24 heavy (non-hydrogen) atoms. The first-order chi connectivity index (χ1) is 11.6. The Hall–Kier alpha value is -2.12. The van der Waals surface area contributed by atoms with Crippen molar-refractivity contribution in [3.8, 4) is 5.75 Å². The van der Waals surface area contributed by atoms with E-state index in [-0.39, 0.29) is 5.91 Å². The summed E-state index contributed by atoms with van der Waals surface area (Å²) in [5.41, 5.74) is 2.57. The van der Waals surface area contributed by atoms with Gasteiger partial charge in [0.25, 0.3) is 5.91 Å². The summed E-state index contributed by atoms with van der Waals surface area (Å²) in [7, 11) is 2.03. The molecule has 0 radical (unpaired) electrons. The summed E-state index contributed by atoms with van der Waals surface area (Å²) in [4.78, 5) is 15.4. The van der Waals surface area contributed by atoms with E-state index in [0.29, 0.717) is 17.2 Å². The molecular formula is C17H14BrN3O2S. The molecule has 1 aromatic heterocycles. The standard InChI is InChI=1S/C17H14BrN3O2S/c1-21-6-7-23-15-9-11(3-5-14(15)21)19-17(22)16-12-8-10(18)2-4-13(12)20-24-16/h2-5,8-9H,6-7H2,1H3,(H,19,22). The van der Waals surface area contributed by atoms with Crippen molar-refractivity contribution >= 4 is 55.6 Å². The van der Waals surface area contributed by atoms with Crippen molar-refractivity contribution in [1.29, 1.82) is 0 Å². The molecule has 0 fully saturated rings. The van der Waals surface area contributed by atoms with Crippen molar-refractivity contribution in [1.82, 2.24) is 4.37 Å². The zero-order valence-corrected chi connectivity index (χ0v) is 15.3. The van der Waals surface area contributed by atoms with Crippen molar-refractivity contribution in [2.75, 3.05) is 30.4 Å². The number of fused-ring (bicyclic) bond motifs is 2. The first kappa shape index (κ1) is 15.4. The van der Waals surface area contributed by atoms with Gasteiger partial charge in [-0.05, 0) is 41.9 Å². The summed E-state index contributed by atoms with van der Waals surface area (Å²) < 4.78 is 10.9. The highest BCUT2D eigenvalue weighted by Gasteiger charge is 2.18. The van der Waals surface area contributed by atoms with Gasteiger partial charge in [-0.15, -0.1) is 0 Å². The van der Waals surface area contributed by atoms with Gasteiger partial charge in [0.1, 0.15) is 17.2 Å². The molecule has 0 spiro atoms. The van der Waals surface area contributed by atoms with Gasteiger partial charge < -0.3 is 15.0 Å². The SMILES string of the molecule is CN1CCOc2cc(NC(=O)c3snc4ccc(Br)cc34)ccc21. The van der Waals surface area contributed by atoms with Crippen LogP contribution in [-0.4, -0.2) is 30.5 Å². The van der Waals surface area contributed by atoms with Crippen LogP contribution in [-0.2, 0) is 0 Å². The van der Waals surface area contributed by atoms with Crippen LogP contribution in [0.15, 0.2) is 40.9 Å². The minimum absolute atomic E-state index is 0.162. The van der Waals surface area contributed by atoms with E-state index < -0.39 is 0 Å². The number of nitrogens with one attached hydrogen (secondary N) is 1. The Morgan fingerprint density at radius 2 is 2.21 bits per heavy atom. The average Bonchev–Trinajstić information content (AvgIpc) is 2.98. The monoisotopic (exact) mass is 403 g/mol. The van der Waals surface area contributed by atoms with E-state index in [1.54, 1.807) is 0 Å². The lowest BCUT2D eigenvalue weighted by atomic mass is 10.2. The first-order valence-corrected chi connectivity index (χ1v) is 9.03. The number of hydrogen-bond donors (Lipinski definition) is 1. The van der Waals surface area contributed by atoms with E-state index in [1.165, 1.54) is 11.5 Å². The van der Waals surface area contributed by atoms with Crippen molar-refractivity contribution in [2.45, 2.75) is 0 Å². The molecule has 1 aliphatic heterocycles. The van der Waals surface area contributed by atoms with Gasteiger partial charge in [0, 0.05) is 28.7 Å². The van der Waals surface area contributed by atoms with E-state index >= 15 is 0 Å². The molecule has 0 unspecified atom stereocenters. The van der Waals surface area contributed by atoms with Crippen molar-refractivity contribution in [3.63, 3.8) is 0 Å². The smallest absolute Gasteiger partial charge is 0.268 e. The second-order valence-electron chi connectivity index (χ2n) is 5.58. The zero-order valence-electron chi connectivity index (χ0n) is 12.9. The van der Waals surface area contributed by atoms with Crippen LogP contribution >= 0.6 is 27.5 Å². The van der Waals surface area contributed by atoms with Gasteiger partial charge >= 0.3 is 0 Å². The van der Waals surface area contributed by atoms with Crippen molar-refractivity contribution in [2.24, 2.45) is 0 Å². The first-order valence-electron chi connectivity index (χ1n) is 7.46. The summed E-state index contributed by atoms with van der Waals surface area (Å²) in [6.45, 7) is 1.51. The molecule has 7 heteroatoms. The quantitative estimate of drug-likeness (QED) is 0.698. The van der Waals surface area contributed by atoms with Gasteiger partial charge in [0.2, 0.25) is 0 Å². The lowest BCUT2D eigenvalue weighted by Crippen LogP contribution is -2.28. The molecule has 0 aliphatic carbocycles. The van der Waals surface area contributed by atoms with Gasteiger partial charge in [-0.2, -0.15) is 4.37 Å². The van der Waals surface area contributed by atoms with Gasteiger partial charge in [0.15, 0.2) is 0 Å². The predicted octanol–water partition coefficient (Wildman–Crippen LogP) is 4.14. The van der Waals surface area contributed by atoms with E-state index in [2.05, 4.69) is 30.5 Å². The summed E-state index contributed by atoms with van der Waals surface area (Å²) in [5, 5.41) is 3.79. The fourth-order valence-electron chi connectivity index (χ4n) is 2.70. The topological polar surface area (TPSA) is 54.5 Å². The fraction of sp³-hybridized carbons (Fsp3) is 0.176. The number of hydrogen-bond acceptors (Lipinski definition) is 5. The third-order valence-corrected chi connectivity index (χ3v) is 5.33. The lowest BCUT2D eigenvalue weighted by Gasteiger charge is -2.27. The molecular weight excluding hydrogens is 390 g/mol. The molecule has 4 rings (SSSR count). The second-order valence-corrected chi connectivity index (χ2v) is 7.27. The molecule has 5 nitrogen and oxygen atoms in total. The third-order valence-electron chi connectivity index (χ3n) is 3.96. The highest BCUT2D eigenvalue weighted by molar-refractivity contribution is 9.10. The Bertz CT molecular complexity index is 941. The maximum atomic E-state index is 12.6. The molecule has 0 saturated carbocycles. The summed E-state index contributed by atoms with van der Waals surface area (Å²) in [5.74, 6) is 0.628. The van der Waals surface area contributed by atoms with E-state index in [4.69, 9.17) is 4.74 Å². The van der Waals surface area contributed by atoms with E-state index in [9.17, 15) is 4.79 Å². The third kappa shape index (κ3) is 2.74. The van der Waals surface area contributed by atoms with Gasteiger partial charge in [-0.3, -0.25) is 4.79 Å². The number of likely N-dealkylation sites (N-methyl/N-ethyl adjacent to an activating group) is 1. The fourth-order valence-corrected chi connectivity index (χ4v) is 3.81. The van der Waals surface area contributed by atoms with Crippen LogP contribution in [0.3, 0.4) is 0 Å². The van der Waals surface area contributed by atoms with Gasteiger partial charge in [-0.1, -0.05) is 15.9 Å². The molecule has 0 atom stereocenters. The lowest BCUT2D eigenvalue weighted by molar-refractivity contribution is 0.103. The number of benzene rings is 2. The van der Waals surface area contributed by atoms with Crippen LogP contribution in [0.1, 0.15) is 9.67 Å². The Morgan fingerprint density at radius 3 is 3.08 bits per heavy atom. The molecule has 3 aromatic rings. The number of carbonyl (C=O) groups is 1. The number of ether oxygens (including phenoxy) is 1. The maximum Gasteiger partial charge on any atom is 0.268 e. The molecule has 0 bridgehead atoms. The van der Waals surface area contributed by atoms with E-state index in [1.807, 2.05) is 43.4 Å². The summed E-state index contributed by atoms with van der Waals surface area (Å²) in [6, 6.07) is 11.4. The Labute approximate surface area is 151 Å². The van der Waals surface area contributed by atoms with Crippen LogP contribution in [0.2, 0.25) is 0 Å². The highest BCUT2D eigenvalue weighted by atomic mass is 79.9. The minimum atomic E-state index is -0.162. The van der Waals surface area contributed by atoms with Crippen LogP contribution in [0, 0.1) is 0 Å². The van der Waals surface area contributed by atoms with E-state index in [0.717, 1.165) is 33.4 Å². The normalized spacial score (nSPS) is 13.5. The van der Waals surface area contributed by atoms with Crippen molar-refractivity contribution < 1.29 is 9.53 Å². The van der Waals surface area contributed by atoms with Crippen molar-refractivity contribution in [3.05, 3.63) is 45.7 Å². The van der Waals surface area contributed by atoms with Gasteiger partial charge in [-0.25, -0.2) is 0 Å². The number of halogens is 1.